The summed E-state index contributed by atoms with van der Waals surface area (Å²) >= 11 is 0. The van der Waals surface area contributed by atoms with Crippen molar-refractivity contribution in [3.05, 3.63) is 24.3 Å². The van der Waals surface area contributed by atoms with E-state index in [2.05, 4.69) is 4.72 Å². The number of sulfonamides is 1. The number of hydrogen-bond donors (Lipinski definition) is 2. The van der Waals surface area contributed by atoms with Crippen LogP contribution >= 0.6 is 0 Å². The topological polar surface area (TPSA) is 92.5 Å². The minimum atomic E-state index is -4.16. The lowest BCUT2D eigenvalue weighted by Gasteiger charge is -2.48. The van der Waals surface area contributed by atoms with Crippen molar-refractivity contribution >= 4 is 15.9 Å². The highest BCUT2D eigenvalue weighted by Gasteiger charge is 2.52. The SMILES string of the molecule is NC(=O)C1C=CC=CC1(NS(=O)(=O)CF)N1CCC2(CC1)CC2. The molecule has 1 amide bonds. The molecule has 0 aromatic heterocycles. The van der Waals surface area contributed by atoms with E-state index in [0.717, 1.165) is 12.8 Å². The van der Waals surface area contributed by atoms with Gasteiger partial charge in [0.25, 0.3) is 0 Å². The monoisotopic (exact) mass is 343 g/mol. The maximum absolute atomic E-state index is 12.9. The molecule has 8 heteroatoms. The minimum absolute atomic E-state index is 0.396. The first kappa shape index (κ1) is 16.6. The van der Waals surface area contributed by atoms with Crippen molar-refractivity contribution in [1.82, 2.24) is 9.62 Å². The number of halogens is 1. The number of allylic oxidation sites excluding steroid dienone is 2. The minimum Gasteiger partial charge on any atom is -0.369 e. The van der Waals surface area contributed by atoms with Crippen molar-refractivity contribution in [1.29, 1.82) is 0 Å². The van der Waals surface area contributed by atoms with Crippen LogP contribution in [0, 0.1) is 11.3 Å². The predicted octanol–water partition coefficient (Wildman–Crippen LogP) is 0.633. The van der Waals surface area contributed by atoms with Gasteiger partial charge < -0.3 is 5.73 Å². The summed E-state index contributed by atoms with van der Waals surface area (Å²) in [5, 5.41) is 0. The van der Waals surface area contributed by atoms with Crippen LogP contribution in [-0.4, -0.2) is 44.0 Å². The molecule has 0 aromatic rings. The molecule has 0 radical (unpaired) electrons. The van der Waals surface area contributed by atoms with Gasteiger partial charge in [-0.3, -0.25) is 9.69 Å². The number of alkyl halides is 1. The number of primary amides is 1. The van der Waals surface area contributed by atoms with E-state index in [1.807, 2.05) is 4.90 Å². The van der Waals surface area contributed by atoms with Crippen LogP contribution in [0.2, 0.25) is 0 Å². The second-order valence-corrected chi connectivity index (χ2v) is 8.41. The lowest BCUT2D eigenvalue weighted by Crippen LogP contribution is -2.67. The predicted molar refractivity (Wildman–Crippen MR) is 84.2 cm³/mol. The normalized spacial score (nSPS) is 33.0. The van der Waals surface area contributed by atoms with Crippen molar-refractivity contribution in [3.63, 3.8) is 0 Å². The van der Waals surface area contributed by atoms with E-state index in [1.165, 1.54) is 12.8 Å². The summed E-state index contributed by atoms with van der Waals surface area (Å²) in [6.07, 6.45) is 10.8. The average molecular weight is 343 g/mol. The number of nitrogens with one attached hydrogen (secondary N) is 1. The van der Waals surface area contributed by atoms with Gasteiger partial charge in [0.1, 0.15) is 5.66 Å². The fourth-order valence-corrected chi connectivity index (χ4v) is 4.58. The summed E-state index contributed by atoms with van der Waals surface area (Å²) in [5.74, 6) is -1.51. The number of hydrogen-bond acceptors (Lipinski definition) is 4. The summed E-state index contributed by atoms with van der Waals surface area (Å²) in [4.78, 5) is 13.8. The number of nitrogens with zero attached hydrogens (tertiary/aromatic N) is 1. The molecule has 2 atom stereocenters. The van der Waals surface area contributed by atoms with E-state index in [4.69, 9.17) is 5.73 Å². The summed E-state index contributed by atoms with van der Waals surface area (Å²) < 4.78 is 39.1. The Balaban J connectivity index is 1.94. The summed E-state index contributed by atoms with van der Waals surface area (Å²) in [6.45, 7) is 1.30. The van der Waals surface area contributed by atoms with Crippen molar-refractivity contribution < 1.29 is 17.6 Å². The Labute approximate surface area is 135 Å². The van der Waals surface area contributed by atoms with Gasteiger partial charge in [-0.1, -0.05) is 18.2 Å². The lowest BCUT2D eigenvalue weighted by atomic mass is 9.83. The Morgan fingerprint density at radius 1 is 1.26 bits per heavy atom. The quantitative estimate of drug-likeness (QED) is 0.766. The van der Waals surface area contributed by atoms with E-state index >= 15 is 0 Å². The number of piperidine rings is 1. The third kappa shape index (κ3) is 3.07. The zero-order valence-corrected chi connectivity index (χ0v) is 13.7. The molecule has 1 saturated heterocycles. The van der Waals surface area contributed by atoms with Crippen LogP contribution in [0.1, 0.15) is 25.7 Å². The Hall–Kier alpha value is -1.25. The number of carbonyl (C=O) groups excluding carboxylic acids is 1. The maximum Gasteiger partial charge on any atom is 0.242 e. The summed E-state index contributed by atoms with van der Waals surface area (Å²) in [5.41, 5.74) is 4.57. The van der Waals surface area contributed by atoms with E-state index in [0.29, 0.717) is 18.5 Å². The molecule has 3 rings (SSSR count). The summed E-state index contributed by atoms with van der Waals surface area (Å²) in [6, 6.07) is -1.53. The molecule has 3 aliphatic rings. The fraction of sp³-hybridized carbons (Fsp3) is 0.667. The highest BCUT2D eigenvalue weighted by molar-refractivity contribution is 7.89. The third-order valence-electron chi connectivity index (χ3n) is 5.31. The molecule has 3 N–H and O–H groups in total. The van der Waals surface area contributed by atoms with Gasteiger partial charge in [0.05, 0.1) is 5.92 Å². The van der Waals surface area contributed by atoms with E-state index in [1.54, 1.807) is 24.3 Å². The Bertz CT molecular complexity index is 647. The van der Waals surface area contributed by atoms with Crippen LogP contribution in [0.5, 0.6) is 0 Å². The van der Waals surface area contributed by atoms with Crippen LogP contribution in [0.3, 0.4) is 0 Å². The van der Waals surface area contributed by atoms with Crippen LogP contribution in [0.25, 0.3) is 0 Å². The van der Waals surface area contributed by atoms with Crippen molar-refractivity contribution in [2.75, 3.05) is 19.1 Å². The smallest absolute Gasteiger partial charge is 0.242 e. The number of likely N-dealkylation sites (tertiary alicyclic amines) is 1. The number of amides is 1. The van der Waals surface area contributed by atoms with Crippen LogP contribution in [-0.2, 0) is 14.8 Å². The van der Waals surface area contributed by atoms with Gasteiger partial charge in [0, 0.05) is 13.1 Å². The molecule has 2 aliphatic carbocycles. The molecule has 128 valence electrons. The molecule has 0 bridgehead atoms. The van der Waals surface area contributed by atoms with Gasteiger partial charge in [-0.05, 0) is 37.2 Å². The zero-order valence-electron chi connectivity index (χ0n) is 12.9. The molecule has 2 fully saturated rings. The molecule has 1 heterocycles. The van der Waals surface area contributed by atoms with Crippen LogP contribution in [0.15, 0.2) is 24.3 Å². The van der Waals surface area contributed by atoms with E-state index in [9.17, 15) is 17.6 Å². The van der Waals surface area contributed by atoms with Crippen LogP contribution < -0.4 is 10.5 Å². The van der Waals surface area contributed by atoms with Crippen molar-refractivity contribution in [3.8, 4) is 0 Å². The fourth-order valence-electron chi connectivity index (χ4n) is 3.71. The highest BCUT2D eigenvalue weighted by Crippen LogP contribution is 2.54. The molecule has 6 nitrogen and oxygen atoms in total. The van der Waals surface area contributed by atoms with Gasteiger partial charge >= 0.3 is 0 Å². The number of rotatable bonds is 5. The van der Waals surface area contributed by atoms with Crippen LogP contribution in [0.4, 0.5) is 4.39 Å². The van der Waals surface area contributed by atoms with E-state index in [-0.39, 0.29) is 0 Å². The average Bonchev–Trinajstić information content (AvgIpc) is 3.27. The molecule has 2 unspecified atom stereocenters. The third-order valence-corrected chi connectivity index (χ3v) is 6.24. The van der Waals surface area contributed by atoms with Gasteiger partial charge in [0.15, 0.2) is 0 Å². The van der Waals surface area contributed by atoms with Gasteiger partial charge in [-0.25, -0.2) is 12.8 Å². The number of carbonyl (C=O) groups is 1. The molecule has 1 spiro atoms. The number of nitrogens with two attached hydrogens (primary N) is 1. The van der Waals surface area contributed by atoms with Gasteiger partial charge in [-0.15, -0.1) is 0 Å². The van der Waals surface area contributed by atoms with Gasteiger partial charge in [-0.2, -0.15) is 4.72 Å². The molecular formula is C15H22FN3O3S. The Morgan fingerprint density at radius 2 is 1.91 bits per heavy atom. The lowest BCUT2D eigenvalue weighted by molar-refractivity contribution is -0.124. The first-order chi connectivity index (χ1) is 10.8. The standard InChI is InChI=1S/C15H22FN3O3S/c16-11-23(21,22)18-15(4-2-1-3-12(15)13(17)20)19-9-7-14(5-6-14)8-10-19/h1-4,12,18H,5-11H2,(H2,17,20). The van der Waals surface area contributed by atoms with Crippen molar-refractivity contribution in [2.45, 2.75) is 31.3 Å². The molecular weight excluding hydrogens is 321 g/mol. The highest BCUT2D eigenvalue weighted by atomic mass is 32.2. The first-order valence-electron chi connectivity index (χ1n) is 7.81. The largest absolute Gasteiger partial charge is 0.369 e. The molecule has 1 aliphatic heterocycles. The van der Waals surface area contributed by atoms with Gasteiger partial charge in [0.2, 0.25) is 21.9 Å². The Kier molecular flexibility index (Phi) is 4.10. The van der Waals surface area contributed by atoms with E-state index < -0.39 is 33.5 Å². The molecule has 23 heavy (non-hydrogen) atoms. The molecule has 0 aromatic carbocycles. The second kappa shape index (κ2) is 5.68. The maximum atomic E-state index is 12.9. The zero-order chi connectivity index (χ0) is 16.7. The van der Waals surface area contributed by atoms with Crippen molar-refractivity contribution in [2.24, 2.45) is 17.1 Å². The molecule has 1 saturated carbocycles. The second-order valence-electron chi connectivity index (χ2n) is 6.76. The summed E-state index contributed by atoms with van der Waals surface area (Å²) in [7, 11) is -4.16. The first-order valence-corrected chi connectivity index (χ1v) is 9.46. The Morgan fingerprint density at radius 3 is 2.43 bits per heavy atom.